The van der Waals surface area contributed by atoms with Crippen LogP contribution in [0.2, 0.25) is 5.02 Å². The number of sulfonamides is 1. The second-order valence-corrected chi connectivity index (χ2v) is 9.43. The van der Waals surface area contributed by atoms with Gasteiger partial charge in [0.15, 0.2) is 0 Å². The molecule has 2 aromatic carbocycles. The Kier molecular flexibility index (Phi) is 7.02. The number of halogens is 3. The molecule has 0 fully saturated rings. The average molecular weight is 478 g/mol. The molecule has 2 rings (SSSR count). The highest BCUT2D eigenvalue weighted by Crippen LogP contribution is 2.26. The first-order chi connectivity index (χ1) is 12.6. The van der Waals surface area contributed by atoms with Crippen molar-refractivity contribution in [1.82, 2.24) is 9.21 Å². The Hall–Kier alpha value is -1.48. The number of hydrogen-bond acceptors (Lipinski definition) is 3. The summed E-state index contributed by atoms with van der Waals surface area (Å²) >= 11 is 9.31. The highest BCUT2D eigenvalue weighted by molar-refractivity contribution is 9.10. The molecular weight excluding hydrogens is 459 g/mol. The van der Waals surface area contributed by atoms with Crippen molar-refractivity contribution in [3.8, 4) is 0 Å². The number of amides is 1. The fraction of sp³-hybridized carbons (Fsp3) is 0.278. The smallest absolute Gasteiger partial charge is 0.254 e. The van der Waals surface area contributed by atoms with E-state index in [4.69, 9.17) is 11.6 Å². The lowest BCUT2D eigenvalue weighted by molar-refractivity contribution is 0.0751. The van der Waals surface area contributed by atoms with Crippen molar-refractivity contribution in [2.45, 2.75) is 18.4 Å². The second kappa shape index (κ2) is 8.68. The summed E-state index contributed by atoms with van der Waals surface area (Å²) in [6.07, 6.45) is 0. The van der Waals surface area contributed by atoms with Gasteiger partial charge in [0.2, 0.25) is 10.0 Å². The predicted molar refractivity (Wildman–Crippen MR) is 107 cm³/mol. The van der Waals surface area contributed by atoms with Gasteiger partial charge in [0.25, 0.3) is 5.91 Å². The molecule has 0 unspecified atom stereocenters. The largest absolute Gasteiger partial charge is 0.334 e. The summed E-state index contributed by atoms with van der Waals surface area (Å²) in [5.41, 5.74) is 0.520. The van der Waals surface area contributed by atoms with Crippen LogP contribution in [0.1, 0.15) is 22.8 Å². The SMILES string of the molecule is CCN(Cc1cc(Br)ccc1F)C(=O)c1ccc(Cl)c(S(=O)(=O)N(C)C)c1. The molecule has 0 spiro atoms. The summed E-state index contributed by atoms with van der Waals surface area (Å²) in [7, 11) is -1.04. The van der Waals surface area contributed by atoms with Crippen LogP contribution in [0.4, 0.5) is 4.39 Å². The zero-order valence-electron chi connectivity index (χ0n) is 15.0. The van der Waals surface area contributed by atoms with Crippen molar-refractivity contribution in [3.63, 3.8) is 0 Å². The maximum Gasteiger partial charge on any atom is 0.254 e. The van der Waals surface area contributed by atoms with Gasteiger partial charge in [-0.25, -0.2) is 17.1 Å². The van der Waals surface area contributed by atoms with Crippen LogP contribution in [0.25, 0.3) is 0 Å². The summed E-state index contributed by atoms with van der Waals surface area (Å²) in [6, 6.07) is 8.59. The highest BCUT2D eigenvalue weighted by Gasteiger charge is 2.24. The Balaban J connectivity index is 2.39. The Morgan fingerprint density at radius 2 is 1.85 bits per heavy atom. The molecule has 5 nitrogen and oxygen atoms in total. The third-order valence-electron chi connectivity index (χ3n) is 3.97. The van der Waals surface area contributed by atoms with Crippen LogP contribution >= 0.6 is 27.5 Å². The number of carbonyl (C=O) groups excluding carboxylic acids is 1. The molecule has 2 aromatic rings. The van der Waals surface area contributed by atoms with E-state index >= 15 is 0 Å². The van der Waals surface area contributed by atoms with Gasteiger partial charge in [-0.2, -0.15) is 0 Å². The van der Waals surface area contributed by atoms with E-state index < -0.39 is 21.7 Å². The van der Waals surface area contributed by atoms with E-state index in [-0.39, 0.29) is 22.0 Å². The van der Waals surface area contributed by atoms with Gasteiger partial charge >= 0.3 is 0 Å². The van der Waals surface area contributed by atoms with E-state index in [1.807, 2.05) is 0 Å². The maximum atomic E-state index is 14.0. The molecule has 0 heterocycles. The quantitative estimate of drug-likeness (QED) is 0.628. The zero-order valence-corrected chi connectivity index (χ0v) is 18.2. The number of benzene rings is 2. The predicted octanol–water partition coefficient (Wildman–Crippen LogP) is 4.15. The fourth-order valence-corrected chi connectivity index (χ4v) is 4.21. The van der Waals surface area contributed by atoms with E-state index in [1.54, 1.807) is 19.1 Å². The van der Waals surface area contributed by atoms with Crippen LogP contribution in [0, 0.1) is 5.82 Å². The molecule has 1 amide bonds. The molecule has 0 saturated carbocycles. The summed E-state index contributed by atoms with van der Waals surface area (Å²) in [5.74, 6) is -0.833. The van der Waals surface area contributed by atoms with Crippen molar-refractivity contribution < 1.29 is 17.6 Å². The van der Waals surface area contributed by atoms with Gasteiger partial charge in [0.05, 0.1) is 5.02 Å². The van der Waals surface area contributed by atoms with Gasteiger partial charge in [-0.1, -0.05) is 27.5 Å². The van der Waals surface area contributed by atoms with Crippen molar-refractivity contribution in [3.05, 3.63) is 62.8 Å². The Labute approximate surface area is 171 Å². The minimum absolute atomic E-state index is 0.0290. The molecule has 0 aliphatic heterocycles. The van der Waals surface area contributed by atoms with Crippen molar-refractivity contribution in [1.29, 1.82) is 0 Å². The van der Waals surface area contributed by atoms with Gasteiger partial charge in [0.1, 0.15) is 10.7 Å². The molecule has 0 bridgehead atoms. The lowest BCUT2D eigenvalue weighted by Gasteiger charge is -2.22. The summed E-state index contributed by atoms with van der Waals surface area (Å²) in [6.45, 7) is 2.14. The molecule has 27 heavy (non-hydrogen) atoms. The number of rotatable bonds is 6. The van der Waals surface area contributed by atoms with Crippen LogP contribution < -0.4 is 0 Å². The van der Waals surface area contributed by atoms with Crippen molar-refractivity contribution in [2.24, 2.45) is 0 Å². The molecule has 0 N–H and O–H groups in total. The summed E-state index contributed by atoms with van der Waals surface area (Å²) < 4.78 is 40.6. The lowest BCUT2D eigenvalue weighted by atomic mass is 10.1. The lowest BCUT2D eigenvalue weighted by Crippen LogP contribution is -2.31. The average Bonchev–Trinajstić information content (AvgIpc) is 2.61. The number of carbonyl (C=O) groups is 1. The molecule has 9 heteroatoms. The van der Waals surface area contributed by atoms with Crippen LogP contribution in [0.5, 0.6) is 0 Å². The van der Waals surface area contributed by atoms with Crippen LogP contribution in [-0.2, 0) is 16.6 Å². The van der Waals surface area contributed by atoms with E-state index in [0.717, 1.165) is 4.31 Å². The first-order valence-electron chi connectivity index (χ1n) is 8.03. The third kappa shape index (κ3) is 4.87. The minimum atomic E-state index is -3.80. The van der Waals surface area contributed by atoms with Gasteiger partial charge in [-0.05, 0) is 43.3 Å². The third-order valence-corrected chi connectivity index (χ3v) is 6.76. The molecule has 0 atom stereocenters. The van der Waals surface area contributed by atoms with Crippen LogP contribution in [-0.4, -0.2) is 44.2 Å². The van der Waals surface area contributed by atoms with Crippen LogP contribution in [0.15, 0.2) is 45.8 Å². The molecule has 146 valence electrons. The van der Waals surface area contributed by atoms with Crippen molar-refractivity contribution >= 4 is 43.5 Å². The second-order valence-electron chi connectivity index (χ2n) is 5.99. The normalized spacial score (nSPS) is 11.7. The Bertz CT molecular complexity index is 967. The summed E-state index contributed by atoms with van der Waals surface area (Å²) in [5, 5.41) is 0.0290. The maximum absolute atomic E-state index is 14.0. The summed E-state index contributed by atoms with van der Waals surface area (Å²) in [4.78, 5) is 14.2. The molecule has 0 aliphatic rings. The number of hydrogen-bond donors (Lipinski definition) is 0. The monoisotopic (exact) mass is 476 g/mol. The number of nitrogens with zero attached hydrogens (tertiary/aromatic N) is 2. The molecule has 0 aromatic heterocycles. The van der Waals surface area contributed by atoms with E-state index in [0.29, 0.717) is 16.6 Å². The fourth-order valence-electron chi connectivity index (χ4n) is 2.41. The van der Waals surface area contributed by atoms with E-state index in [9.17, 15) is 17.6 Å². The standard InChI is InChI=1S/C18H19BrClFN2O3S/c1-4-23(11-13-9-14(19)6-8-16(13)21)18(24)12-5-7-15(20)17(10-12)27(25,26)22(2)3/h5-10H,4,11H2,1-3H3. The van der Waals surface area contributed by atoms with Crippen molar-refractivity contribution in [2.75, 3.05) is 20.6 Å². The molecule has 0 saturated heterocycles. The van der Waals surface area contributed by atoms with Gasteiger partial charge < -0.3 is 4.90 Å². The molecule has 0 aliphatic carbocycles. The van der Waals surface area contributed by atoms with E-state index in [2.05, 4.69) is 15.9 Å². The first-order valence-corrected chi connectivity index (χ1v) is 10.6. The Morgan fingerprint density at radius 3 is 2.44 bits per heavy atom. The molecular formula is C18H19BrClFN2O3S. The topological polar surface area (TPSA) is 57.7 Å². The van der Waals surface area contributed by atoms with Crippen LogP contribution in [0.3, 0.4) is 0 Å². The minimum Gasteiger partial charge on any atom is -0.334 e. The van der Waals surface area contributed by atoms with Gasteiger partial charge in [-0.15, -0.1) is 0 Å². The first kappa shape index (κ1) is 21.8. The molecule has 0 radical (unpaired) electrons. The van der Waals surface area contributed by atoms with E-state index in [1.165, 1.54) is 43.3 Å². The Morgan fingerprint density at radius 1 is 1.19 bits per heavy atom. The van der Waals surface area contributed by atoms with Gasteiger partial charge in [-0.3, -0.25) is 4.79 Å². The zero-order chi connectivity index (χ0) is 20.4. The highest BCUT2D eigenvalue weighted by atomic mass is 79.9. The van der Waals surface area contributed by atoms with Gasteiger partial charge in [0, 0.05) is 42.8 Å².